The maximum atomic E-state index is 9.49. The fraction of sp³-hybridized carbons (Fsp3) is 0.700. The molecule has 2 heterocycles. The molecule has 1 aromatic rings. The van der Waals surface area contributed by atoms with Gasteiger partial charge in [-0.25, -0.2) is 0 Å². The van der Waals surface area contributed by atoms with Crippen molar-refractivity contribution < 1.29 is 14.6 Å². The number of β-amino-alcohol motifs (C(OH)–C–C–N with tert-alkyl or cyclic N) is 1. The molecule has 1 fully saturated rings. The van der Waals surface area contributed by atoms with Crippen LogP contribution in [0.25, 0.3) is 0 Å². The van der Waals surface area contributed by atoms with E-state index in [1.165, 1.54) is 24.0 Å². The number of methoxy groups -OCH3 is 1. The topological polar surface area (TPSA) is 54.0 Å². The maximum absolute atomic E-state index is 9.49. The Morgan fingerprint density at radius 2 is 2.12 bits per heavy atom. The van der Waals surface area contributed by atoms with E-state index in [4.69, 9.17) is 9.47 Å². The third kappa shape index (κ3) is 4.87. The van der Waals surface area contributed by atoms with Gasteiger partial charge in [-0.15, -0.1) is 0 Å². The molecule has 2 N–H and O–H groups in total. The van der Waals surface area contributed by atoms with Gasteiger partial charge in [-0.3, -0.25) is 0 Å². The molecule has 2 aliphatic rings. The highest BCUT2D eigenvalue weighted by Gasteiger charge is 2.22. The number of hydrogen-bond acceptors (Lipinski definition) is 5. The Balaban J connectivity index is 1.47. The van der Waals surface area contributed by atoms with Gasteiger partial charge in [0.05, 0.1) is 13.2 Å². The van der Waals surface area contributed by atoms with E-state index in [0.29, 0.717) is 5.92 Å². The Morgan fingerprint density at radius 3 is 2.80 bits per heavy atom. The molecule has 2 aliphatic heterocycles. The van der Waals surface area contributed by atoms with Crippen molar-refractivity contribution in [3.05, 3.63) is 23.3 Å². The number of rotatable bonds is 7. The third-order valence-corrected chi connectivity index (χ3v) is 5.28. The zero-order valence-electron chi connectivity index (χ0n) is 15.8. The number of hydrogen-bond donors (Lipinski definition) is 2. The number of fused-ring (bicyclic) bond motifs is 1. The summed E-state index contributed by atoms with van der Waals surface area (Å²) >= 11 is 0. The van der Waals surface area contributed by atoms with E-state index in [-0.39, 0.29) is 12.2 Å². The van der Waals surface area contributed by atoms with Crippen LogP contribution in [0, 0.1) is 5.92 Å². The highest BCUT2D eigenvalue weighted by molar-refractivity contribution is 5.48. The molecule has 0 spiro atoms. The molecule has 2 atom stereocenters. The molecule has 2 unspecified atom stereocenters. The van der Waals surface area contributed by atoms with E-state index in [1.54, 1.807) is 7.11 Å². The second kappa shape index (κ2) is 8.39. The predicted octanol–water partition coefficient (Wildman–Crippen LogP) is 2.20. The standard InChI is InChI=1S/C20H32N2O3/c1-14(23)13-22-6-4-16(5-7-22)11-21-12-18-10-20-17(8-15(2)25-20)9-19(18)24-3/h9-10,14-16,21,23H,4-8,11-13H2,1-3H3. The molecule has 0 aromatic heterocycles. The lowest BCUT2D eigenvalue weighted by Gasteiger charge is -2.32. The lowest BCUT2D eigenvalue weighted by atomic mass is 9.96. The second-order valence-corrected chi connectivity index (χ2v) is 7.63. The number of nitrogens with zero attached hydrogens (tertiary/aromatic N) is 1. The maximum Gasteiger partial charge on any atom is 0.123 e. The summed E-state index contributed by atoms with van der Waals surface area (Å²) < 4.78 is 11.5. The van der Waals surface area contributed by atoms with E-state index in [9.17, 15) is 5.11 Å². The molecule has 1 saturated heterocycles. The van der Waals surface area contributed by atoms with Gasteiger partial charge in [-0.2, -0.15) is 0 Å². The van der Waals surface area contributed by atoms with Crippen molar-refractivity contribution in [3.8, 4) is 11.5 Å². The highest BCUT2D eigenvalue weighted by Crippen LogP contribution is 2.35. The van der Waals surface area contributed by atoms with Crippen LogP contribution in [0.3, 0.4) is 0 Å². The van der Waals surface area contributed by atoms with Crippen LogP contribution in [-0.2, 0) is 13.0 Å². The summed E-state index contributed by atoms with van der Waals surface area (Å²) in [5.74, 6) is 2.68. The van der Waals surface area contributed by atoms with Gasteiger partial charge in [0.1, 0.15) is 17.6 Å². The SMILES string of the molecule is COc1cc2c(cc1CNCC1CCN(CC(C)O)CC1)OC(C)C2. The van der Waals surface area contributed by atoms with Crippen LogP contribution in [-0.4, -0.2) is 55.5 Å². The summed E-state index contributed by atoms with van der Waals surface area (Å²) in [6, 6.07) is 4.26. The summed E-state index contributed by atoms with van der Waals surface area (Å²) in [5.41, 5.74) is 2.42. The Morgan fingerprint density at radius 1 is 1.36 bits per heavy atom. The summed E-state index contributed by atoms with van der Waals surface area (Å²) in [6.45, 7) is 8.78. The van der Waals surface area contributed by atoms with Gasteiger partial charge < -0.3 is 24.8 Å². The molecule has 5 nitrogen and oxygen atoms in total. The zero-order chi connectivity index (χ0) is 17.8. The normalized spacial score (nSPS) is 22.5. The molecule has 140 valence electrons. The molecule has 0 bridgehead atoms. The fourth-order valence-electron chi connectivity index (χ4n) is 3.97. The van der Waals surface area contributed by atoms with Gasteiger partial charge in [-0.05, 0) is 64.4 Å². The highest BCUT2D eigenvalue weighted by atomic mass is 16.5. The zero-order valence-corrected chi connectivity index (χ0v) is 15.8. The van der Waals surface area contributed by atoms with Gasteiger partial charge in [0.15, 0.2) is 0 Å². The van der Waals surface area contributed by atoms with E-state index in [2.05, 4.69) is 29.3 Å². The number of benzene rings is 1. The van der Waals surface area contributed by atoms with Crippen LogP contribution in [0.2, 0.25) is 0 Å². The summed E-state index contributed by atoms with van der Waals surface area (Å²) in [4.78, 5) is 2.36. The van der Waals surface area contributed by atoms with Crippen LogP contribution in [0.15, 0.2) is 12.1 Å². The van der Waals surface area contributed by atoms with Crippen molar-refractivity contribution in [1.82, 2.24) is 10.2 Å². The summed E-state index contributed by atoms with van der Waals surface area (Å²) in [6.07, 6.45) is 3.38. The van der Waals surface area contributed by atoms with E-state index in [0.717, 1.165) is 50.6 Å². The molecule has 0 saturated carbocycles. The smallest absolute Gasteiger partial charge is 0.123 e. The monoisotopic (exact) mass is 348 g/mol. The minimum absolute atomic E-state index is 0.230. The number of ether oxygens (including phenoxy) is 2. The Bertz CT molecular complexity index is 568. The van der Waals surface area contributed by atoms with E-state index < -0.39 is 0 Å². The first-order valence-electron chi connectivity index (χ1n) is 9.52. The Labute approximate surface area is 151 Å². The third-order valence-electron chi connectivity index (χ3n) is 5.28. The summed E-state index contributed by atoms with van der Waals surface area (Å²) in [5, 5.41) is 13.1. The molecule has 5 heteroatoms. The first-order chi connectivity index (χ1) is 12.0. The number of aliphatic hydroxyl groups is 1. The first kappa shape index (κ1) is 18.5. The average Bonchev–Trinajstić information content (AvgIpc) is 2.94. The molecule has 0 amide bonds. The summed E-state index contributed by atoms with van der Waals surface area (Å²) in [7, 11) is 1.74. The van der Waals surface area contributed by atoms with Crippen molar-refractivity contribution in [1.29, 1.82) is 0 Å². The molecule has 0 radical (unpaired) electrons. The molecule has 0 aliphatic carbocycles. The number of aliphatic hydroxyl groups excluding tert-OH is 1. The van der Waals surface area contributed by atoms with Crippen molar-refractivity contribution in [3.63, 3.8) is 0 Å². The lowest BCUT2D eigenvalue weighted by molar-refractivity contribution is 0.0998. The predicted molar refractivity (Wildman–Crippen MR) is 99.3 cm³/mol. The quantitative estimate of drug-likeness (QED) is 0.791. The molecule has 3 rings (SSSR count). The van der Waals surface area contributed by atoms with Gasteiger partial charge in [-0.1, -0.05) is 0 Å². The minimum Gasteiger partial charge on any atom is -0.496 e. The van der Waals surface area contributed by atoms with Crippen molar-refractivity contribution >= 4 is 0 Å². The average molecular weight is 348 g/mol. The fourth-order valence-corrected chi connectivity index (χ4v) is 3.97. The number of piperidine rings is 1. The molecule has 25 heavy (non-hydrogen) atoms. The minimum atomic E-state index is -0.230. The second-order valence-electron chi connectivity index (χ2n) is 7.63. The van der Waals surface area contributed by atoms with Crippen LogP contribution < -0.4 is 14.8 Å². The van der Waals surface area contributed by atoms with E-state index in [1.807, 2.05) is 6.92 Å². The van der Waals surface area contributed by atoms with Crippen LogP contribution >= 0.6 is 0 Å². The van der Waals surface area contributed by atoms with Gasteiger partial charge in [0, 0.05) is 30.6 Å². The number of likely N-dealkylation sites (tertiary alicyclic amines) is 1. The van der Waals surface area contributed by atoms with Crippen LogP contribution in [0.5, 0.6) is 11.5 Å². The molecular weight excluding hydrogens is 316 g/mol. The lowest BCUT2D eigenvalue weighted by Crippen LogP contribution is -2.40. The molecule has 1 aromatic carbocycles. The van der Waals surface area contributed by atoms with Gasteiger partial charge >= 0.3 is 0 Å². The van der Waals surface area contributed by atoms with Crippen molar-refractivity contribution in [2.24, 2.45) is 5.92 Å². The van der Waals surface area contributed by atoms with Crippen molar-refractivity contribution in [2.45, 2.75) is 51.9 Å². The Kier molecular flexibility index (Phi) is 6.20. The Hall–Kier alpha value is -1.30. The largest absolute Gasteiger partial charge is 0.496 e. The first-order valence-corrected chi connectivity index (χ1v) is 9.52. The number of nitrogens with one attached hydrogen (secondary N) is 1. The van der Waals surface area contributed by atoms with Gasteiger partial charge in [0.25, 0.3) is 0 Å². The van der Waals surface area contributed by atoms with Crippen molar-refractivity contribution in [2.75, 3.05) is 33.3 Å². The molecular formula is C20H32N2O3. The van der Waals surface area contributed by atoms with Crippen LogP contribution in [0.1, 0.15) is 37.8 Å². The van der Waals surface area contributed by atoms with Gasteiger partial charge in [0.2, 0.25) is 0 Å². The van der Waals surface area contributed by atoms with Crippen LogP contribution in [0.4, 0.5) is 0 Å². The van der Waals surface area contributed by atoms with E-state index >= 15 is 0 Å².